The number of ether oxygens (including phenoxy) is 2. The number of rotatable bonds is 7. The minimum atomic E-state index is -0.494. The highest BCUT2D eigenvalue weighted by atomic mass is 19.1. The Labute approximate surface area is 194 Å². The monoisotopic (exact) mass is 462 g/mol. The van der Waals surface area contributed by atoms with Gasteiger partial charge in [0.2, 0.25) is 5.88 Å². The van der Waals surface area contributed by atoms with E-state index in [1.165, 1.54) is 24.4 Å². The van der Waals surface area contributed by atoms with E-state index < -0.39 is 5.82 Å². The maximum Gasteiger partial charge on any atom is 0.219 e. The van der Waals surface area contributed by atoms with Gasteiger partial charge in [0.15, 0.2) is 17.3 Å². The van der Waals surface area contributed by atoms with Crippen LogP contribution in [0.2, 0.25) is 0 Å². The van der Waals surface area contributed by atoms with E-state index in [0.29, 0.717) is 28.8 Å². The fourth-order valence-corrected chi connectivity index (χ4v) is 4.01. The number of nitrogens with zero attached hydrogens (tertiary/aromatic N) is 2. The fraction of sp³-hybridized carbons (Fsp3) is 0.240. The predicted octanol–water partition coefficient (Wildman–Crippen LogP) is 4.07. The van der Waals surface area contributed by atoms with Gasteiger partial charge in [0.25, 0.3) is 0 Å². The molecule has 9 heteroatoms. The first-order chi connectivity index (χ1) is 16.6. The molecule has 5 rings (SSSR count). The third kappa shape index (κ3) is 4.48. The Morgan fingerprint density at radius 3 is 2.82 bits per heavy atom. The zero-order chi connectivity index (χ0) is 23.5. The highest BCUT2D eigenvalue weighted by Gasteiger charge is 2.23. The molecule has 2 atom stereocenters. The minimum absolute atomic E-state index is 0.0147. The van der Waals surface area contributed by atoms with E-state index >= 15 is 0 Å². The molecule has 0 saturated carbocycles. The molecule has 0 spiro atoms. The van der Waals surface area contributed by atoms with E-state index in [-0.39, 0.29) is 36.2 Å². The zero-order valence-corrected chi connectivity index (χ0v) is 18.2. The van der Waals surface area contributed by atoms with Crippen molar-refractivity contribution in [3.8, 4) is 11.6 Å². The second-order valence-corrected chi connectivity index (χ2v) is 8.09. The third-order valence-corrected chi connectivity index (χ3v) is 5.80. The van der Waals surface area contributed by atoms with Crippen LogP contribution in [0.4, 0.5) is 10.1 Å². The highest BCUT2D eigenvalue weighted by molar-refractivity contribution is 6.18. The lowest BCUT2D eigenvalue weighted by molar-refractivity contribution is -0.0223. The largest absolute Gasteiger partial charge is 0.436 e. The van der Waals surface area contributed by atoms with Gasteiger partial charge in [0.05, 0.1) is 30.3 Å². The Balaban J connectivity index is 1.37. The first-order valence-corrected chi connectivity index (χ1v) is 11.0. The van der Waals surface area contributed by atoms with Crippen LogP contribution < -0.4 is 10.1 Å². The minimum Gasteiger partial charge on any atom is -0.436 e. The number of hydrogen-bond acceptors (Lipinski definition) is 7. The number of carbonyl (C=O) groups is 1. The summed E-state index contributed by atoms with van der Waals surface area (Å²) in [6, 6.07) is 11.1. The summed E-state index contributed by atoms with van der Waals surface area (Å²) >= 11 is 0. The lowest BCUT2D eigenvalue weighted by Gasteiger charge is -2.29. The van der Waals surface area contributed by atoms with Crippen LogP contribution in [0.5, 0.6) is 11.6 Å². The van der Waals surface area contributed by atoms with Crippen molar-refractivity contribution in [3.05, 3.63) is 78.0 Å². The first kappa shape index (κ1) is 22.0. The van der Waals surface area contributed by atoms with Gasteiger partial charge in [-0.3, -0.25) is 4.79 Å². The fourth-order valence-electron chi connectivity index (χ4n) is 4.01. The van der Waals surface area contributed by atoms with Gasteiger partial charge < -0.3 is 24.9 Å². The van der Waals surface area contributed by atoms with Crippen LogP contribution in [0, 0.1) is 5.82 Å². The summed E-state index contributed by atoms with van der Waals surface area (Å²) in [5.41, 5.74) is 2.19. The Morgan fingerprint density at radius 1 is 1.21 bits per heavy atom. The van der Waals surface area contributed by atoms with Crippen LogP contribution in [0.1, 0.15) is 28.8 Å². The molecule has 1 aliphatic rings. The van der Waals surface area contributed by atoms with E-state index in [9.17, 15) is 14.3 Å². The smallest absolute Gasteiger partial charge is 0.219 e. The number of pyridine rings is 2. The van der Waals surface area contributed by atoms with Crippen LogP contribution in [-0.4, -0.2) is 51.2 Å². The lowest BCUT2D eigenvalue weighted by Crippen LogP contribution is -2.36. The molecule has 1 fully saturated rings. The van der Waals surface area contributed by atoms with Gasteiger partial charge in [-0.1, -0.05) is 12.1 Å². The van der Waals surface area contributed by atoms with Crippen molar-refractivity contribution in [2.75, 3.05) is 18.5 Å². The summed E-state index contributed by atoms with van der Waals surface area (Å²) < 4.78 is 25.0. The van der Waals surface area contributed by atoms with Gasteiger partial charge in [-0.25, -0.2) is 14.4 Å². The molecule has 3 N–H and O–H groups in total. The standard InChI is InChI=1S/C25H23FN4O4/c26-19-3-1-2-4-21(19)34-22-8-5-15(11-28-22)24(32)18-12-29-25-23(18)20(9-10-27-25)30-16-6-7-17(13-31)33-14-16/h1-5,8-12,16-17,31H,6-7,13-14H2,(H2,27,29,30)/t16-,17+/m1/s1. The number of fused-ring (bicyclic) bond motifs is 1. The van der Waals surface area contributed by atoms with Crippen molar-refractivity contribution in [1.29, 1.82) is 0 Å². The highest BCUT2D eigenvalue weighted by Crippen LogP contribution is 2.30. The number of carbonyl (C=O) groups excluding carboxylic acids is 1. The molecule has 0 radical (unpaired) electrons. The first-order valence-electron chi connectivity index (χ1n) is 11.0. The maximum atomic E-state index is 13.8. The van der Waals surface area contributed by atoms with Crippen molar-refractivity contribution in [2.45, 2.75) is 25.0 Å². The quantitative estimate of drug-likeness (QED) is 0.355. The molecule has 174 valence electrons. The van der Waals surface area contributed by atoms with Gasteiger partial charge in [-0.05, 0) is 37.1 Å². The maximum absolute atomic E-state index is 13.8. The summed E-state index contributed by atoms with van der Waals surface area (Å²) in [5, 5.41) is 13.4. The molecule has 34 heavy (non-hydrogen) atoms. The third-order valence-electron chi connectivity index (χ3n) is 5.80. The number of aromatic nitrogens is 3. The van der Waals surface area contributed by atoms with Crippen LogP contribution in [0.25, 0.3) is 11.0 Å². The number of nitrogens with one attached hydrogen (secondary N) is 2. The number of H-pyrrole nitrogens is 1. The summed E-state index contributed by atoms with van der Waals surface area (Å²) in [4.78, 5) is 24.9. The number of para-hydroxylation sites is 1. The predicted molar refractivity (Wildman–Crippen MR) is 124 cm³/mol. The van der Waals surface area contributed by atoms with Crippen LogP contribution in [-0.2, 0) is 4.74 Å². The van der Waals surface area contributed by atoms with Gasteiger partial charge in [-0.2, -0.15) is 0 Å². The number of ketones is 1. The van der Waals surface area contributed by atoms with Crippen molar-refractivity contribution in [1.82, 2.24) is 15.0 Å². The van der Waals surface area contributed by atoms with E-state index in [1.54, 1.807) is 30.6 Å². The van der Waals surface area contributed by atoms with E-state index in [0.717, 1.165) is 18.5 Å². The molecular weight excluding hydrogens is 439 g/mol. The molecule has 1 saturated heterocycles. The summed E-state index contributed by atoms with van der Waals surface area (Å²) in [6.07, 6.45) is 6.19. The number of aliphatic hydroxyl groups is 1. The Kier molecular flexibility index (Phi) is 6.20. The summed E-state index contributed by atoms with van der Waals surface area (Å²) in [7, 11) is 0. The molecule has 1 aliphatic heterocycles. The normalized spacial score (nSPS) is 18.1. The number of anilines is 1. The Bertz CT molecular complexity index is 1300. The SMILES string of the molecule is O=C(c1ccc(Oc2ccccc2F)nc1)c1c[nH]c2nccc(N[C@@H]3CC[C@@H](CO)OC3)c12. The van der Waals surface area contributed by atoms with E-state index in [1.807, 2.05) is 6.07 Å². The number of aliphatic hydroxyl groups excluding tert-OH is 1. The van der Waals surface area contributed by atoms with Crippen LogP contribution in [0.15, 0.2) is 61.1 Å². The Hall–Kier alpha value is -3.82. The summed E-state index contributed by atoms with van der Waals surface area (Å²) in [6.45, 7) is 0.483. The number of benzene rings is 1. The molecule has 0 aliphatic carbocycles. The zero-order valence-electron chi connectivity index (χ0n) is 18.2. The molecular formula is C25H23FN4O4. The number of halogens is 1. The lowest BCUT2D eigenvalue weighted by atomic mass is 10.0. The topological polar surface area (TPSA) is 109 Å². The van der Waals surface area contributed by atoms with Crippen molar-refractivity contribution in [2.24, 2.45) is 0 Å². The second-order valence-electron chi connectivity index (χ2n) is 8.09. The molecule has 3 aromatic heterocycles. The molecule has 4 heterocycles. The van der Waals surface area contributed by atoms with Crippen molar-refractivity contribution >= 4 is 22.5 Å². The van der Waals surface area contributed by atoms with Crippen molar-refractivity contribution in [3.63, 3.8) is 0 Å². The van der Waals surface area contributed by atoms with Crippen LogP contribution >= 0.6 is 0 Å². The van der Waals surface area contributed by atoms with E-state index in [2.05, 4.69) is 20.3 Å². The molecule has 0 unspecified atom stereocenters. The molecule has 4 aromatic rings. The number of hydrogen-bond donors (Lipinski definition) is 3. The van der Waals surface area contributed by atoms with E-state index in [4.69, 9.17) is 9.47 Å². The van der Waals surface area contributed by atoms with Gasteiger partial charge in [-0.15, -0.1) is 0 Å². The second kappa shape index (κ2) is 9.58. The Morgan fingerprint density at radius 2 is 2.09 bits per heavy atom. The van der Waals surface area contributed by atoms with Gasteiger partial charge in [0.1, 0.15) is 5.65 Å². The molecule has 8 nitrogen and oxygen atoms in total. The number of aromatic amines is 1. The summed E-state index contributed by atoms with van der Waals surface area (Å²) in [5.74, 6) is -0.480. The molecule has 1 aromatic carbocycles. The van der Waals surface area contributed by atoms with Gasteiger partial charge in [0, 0.05) is 41.9 Å². The average Bonchev–Trinajstić information content (AvgIpc) is 3.31. The van der Waals surface area contributed by atoms with Crippen LogP contribution in [0.3, 0.4) is 0 Å². The average molecular weight is 462 g/mol. The van der Waals surface area contributed by atoms with Gasteiger partial charge >= 0.3 is 0 Å². The molecule has 0 bridgehead atoms. The molecule has 0 amide bonds. The van der Waals surface area contributed by atoms with Crippen molar-refractivity contribution < 1.29 is 23.8 Å².